The van der Waals surface area contributed by atoms with E-state index in [4.69, 9.17) is 0 Å². The van der Waals surface area contributed by atoms with Crippen molar-refractivity contribution < 1.29 is 15.0 Å². The predicted molar refractivity (Wildman–Crippen MR) is 79.3 cm³/mol. The molecule has 0 spiro atoms. The number of carbonyl (C=O) groups excluding carboxylic acids is 1. The molecule has 21 heavy (non-hydrogen) atoms. The summed E-state index contributed by atoms with van der Waals surface area (Å²) in [4.78, 5) is 18.2. The Balaban J connectivity index is 2.06. The molecular weight excluding hydrogens is 268 g/mol. The number of aromatic nitrogens is 1. The fourth-order valence-corrected chi connectivity index (χ4v) is 2.07. The van der Waals surface area contributed by atoms with Gasteiger partial charge in [0.2, 0.25) is 0 Å². The Morgan fingerprint density at radius 2 is 1.90 bits per heavy atom. The number of hydrogen-bond donors (Lipinski definition) is 2. The van der Waals surface area contributed by atoms with Gasteiger partial charge in [0.25, 0.3) is 0 Å². The zero-order valence-corrected chi connectivity index (χ0v) is 11.9. The number of phenols is 2. The monoisotopic (exact) mass is 286 g/mol. The van der Waals surface area contributed by atoms with Crippen molar-refractivity contribution in [1.29, 1.82) is 0 Å². The minimum Gasteiger partial charge on any atom is -0.508 e. The first-order chi connectivity index (χ1) is 10.1. The van der Waals surface area contributed by atoms with E-state index in [0.29, 0.717) is 13.1 Å². The zero-order valence-electron chi connectivity index (χ0n) is 11.9. The lowest BCUT2D eigenvalue weighted by Crippen LogP contribution is -2.29. The van der Waals surface area contributed by atoms with Crippen LogP contribution in [0.15, 0.2) is 42.7 Å². The van der Waals surface area contributed by atoms with Crippen LogP contribution in [0, 0.1) is 0 Å². The summed E-state index contributed by atoms with van der Waals surface area (Å²) in [5, 5.41) is 19.0. The molecule has 5 nitrogen and oxygen atoms in total. The van der Waals surface area contributed by atoms with Gasteiger partial charge >= 0.3 is 0 Å². The fourth-order valence-electron chi connectivity index (χ4n) is 2.07. The summed E-state index contributed by atoms with van der Waals surface area (Å²) in [6.07, 6.45) is 3.44. The first-order valence-electron chi connectivity index (χ1n) is 6.76. The standard InChI is InChI=1S/C16H18N2O3/c1-2-18(10-12-5-7-17-8-6-12)11-16(21)14-4-3-13(19)9-15(14)20/h3-9,19-20H,2,10-11H2,1H3. The molecule has 5 heteroatoms. The molecule has 2 rings (SSSR count). The van der Waals surface area contributed by atoms with Crippen LogP contribution in [0.3, 0.4) is 0 Å². The number of aromatic hydroxyl groups is 2. The largest absolute Gasteiger partial charge is 0.508 e. The molecule has 0 saturated carbocycles. The summed E-state index contributed by atoms with van der Waals surface area (Å²) in [6, 6.07) is 7.82. The molecule has 1 aromatic carbocycles. The molecule has 0 amide bonds. The Kier molecular flexibility index (Phi) is 4.90. The van der Waals surface area contributed by atoms with Gasteiger partial charge in [0.1, 0.15) is 11.5 Å². The SMILES string of the molecule is CCN(CC(=O)c1ccc(O)cc1O)Cc1ccncc1. The van der Waals surface area contributed by atoms with Crippen molar-refractivity contribution in [2.45, 2.75) is 13.5 Å². The van der Waals surface area contributed by atoms with Crippen LogP contribution in [0.25, 0.3) is 0 Å². The van der Waals surface area contributed by atoms with Crippen LogP contribution in [0.1, 0.15) is 22.8 Å². The quantitative estimate of drug-likeness (QED) is 0.796. The average Bonchev–Trinajstić information content (AvgIpc) is 2.47. The summed E-state index contributed by atoms with van der Waals surface area (Å²) in [5.41, 5.74) is 1.30. The van der Waals surface area contributed by atoms with Gasteiger partial charge in [-0.15, -0.1) is 0 Å². The van der Waals surface area contributed by atoms with Gasteiger partial charge in [0, 0.05) is 25.0 Å². The number of rotatable bonds is 6. The first kappa shape index (κ1) is 15.0. The minimum atomic E-state index is -0.194. The van der Waals surface area contributed by atoms with Gasteiger partial charge in [-0.2, -0.15) is 0 Å². The molecule has 0 fully saturated rings. The molecule has 0 unspecified atom stereocenters. The number of ketones is 1. The average molecular weight is 286 g/mol. The van der Waals surface area contributed by atoms with E-state index >= 15 is 0 Å². The summed E-state index contributed by atoms with van der Waals surface area (Å²) >= 11 is 0. The van der Waals surface area contributed by atoms with Crippen molar-refractivity contribution in [3.8, 4) is 11.5 Å². The number of likely N-dealkylation sites (N-methyl/N-ethyl adjacent to an activating group) is 1. The van der Waals surface area contributed by atoms with E-state index in [1.165, 1.54) is 18.2 Å². The number of hydrogen-bond acceptors (Lipinski definition) is 5. The van der Waals surface area contributed by atoms with Crippen LogP contribution in [-0.4, -0.2) is 39.0 Å². The molecule has 1 aromatic heterocycles. The van der Waals surface area contributed by atoms with E-state index in [1.807, 2.05) is 24.0 Å². The van der Waals surface area contributed by atoms with E-state index in [9.17, 15) is 15.0 Å². The van der Waals surface area contributed by atoms with Gasteiger partial charge < -0.3 is 10.2 Å². The molecule has 1 heterocycles. The van der Waals surface area contributed by atoms with Crippen LogP contribution in [0.4, 0.5) is 0 Å². The second-order valence-electron chi connectivity index (χ2n) is 4.78. The van der Waals surface area contributed by atoms with E-state index < -0.39 is 0 Å². The highest BCUT2D eigenvalue weighted by Crippen LogP contribution is 2.23. The summed E-state index contributed by atoms with van der Waals surface area (Å²) in [6.45, 7) is 3.54. The van der Waals surface area contributed by atoms with Gasteiger partial charge in [0.05, 0.1) is 12.1 Å². The molecule has 2 aromatic rings. The number of nitrogens with zero attached hydrogens (tertiary/aromatic N) is 2. The van der Waals surface area contributed by atoms with Gasteiger partial charge in [-0.1, -0.05) is 6.92 Å². The molecule has 0 radical (unpaired) electrons. The van der Waals surface area contributed by atoms with Crippen molar-refractivity contribution in [2.75, 3.05) is 13.1 Å². The van der Waals surface area contributed by atoms with Crippen molar-refractivity contribution in [3.05, 3.63) is 53.9 Å². The molecule has 0 atom stereocenters. The Morgan fingerprint density at radius 1 is 1.19 bits per heavy atom. The molecule has 2 N–H and O–H groups in total. The highest BCUT2D eigenvalue weighted by molar-refractivity contribution is 6.00. The molecule has 0 saturated heterocycles. The Hall–Kier alpha value is -2.40. The van der Waals surface area contributed by atoms with Gasteiger partial charge in [0.15, 0.2) is 5.78 Å². The zero-order chi connectivity index (χ0) is 15.2. The maximum absolute atomic E-state index is 12.2. The number of phenolic OH excluding ortho intramolecular Hbond substituents is 2. The number of Topliss-reactive ketones (excluding diaryl/α,β-unsaturated/α-hetero) is 1. The molecule has 0 aliphatic rings. The van der Waals surface area contributed by atoms with E-state index in [-0.39, 0.29) is 29.4 Å². The lowest BCUT2D eigenvalue weighted by molar-refractivity contribution is 0.0927. The second kappa shape index (κ2) is 6.85. The number of benzene rings is 1. The number of carbonyl (C=O) groups is 1. The maximum atomic E-state index is 12.2. The van der Waals surface area contributed by atoms with Gasteiger partial charge in [-0.3, -0.25) is 14.7 Å². The molecule has 0 aliphatic carbocycles. The lowest BCUT2D eigenvalue weighted by atomic mass is 10.1. The lowest BCUT2D eigenvalue weighted by Gasteiger charge is -2.19. The highest BCUT2D eigenvalue weighted by Gasteiger charge is 2.15. The fraction of sp³-hybridized carbons (Fsp3) is 0.250. The van der Waals surface area contributed by atoms with Crippen LogP contribution in [0.5, 0.6) is 11.5 Å². The van der Waals surface area contributed by atoms with Crippen LogP contribution < -0.4 is 0 Å². The molecular formula is C16H18N2O3. The van der Waals surface area contributed by atoms with Crippen LogP contribution >= 0.6 is 0 Å². The van der Waals surface area contributed by atoms with Crippen LogP contribution in [0.2, 0.25) is 0 Å². The Morgan fingerprint density at radius 3 is 2.52 bits per heavy atom. The maximum Gasteiger partial charge on any atom is 0.180 e. The van der Waals surface area contributed by atoms with E-state index in [2.05, 4.69) is 4.98 Å². The van der Waals surface area contributed by atoms with Gasteiger partial charge in [-0.25, -0.2) is 0 Å². The molecule has 0 aliphatic heterocycles. The van der Waals surface area contributed by atoms with Crippen LogP contribution in [-0.2, 0) is 6.54 Å². The minimum absolute atomic E-state index is 0.0619. The third-order valence-corrected chi connectivity index (χ3v) is 3.25. The third kappa shape index (κ3) is 4.03. The van der Waals surface area contributed by atoms with Crippen molar-refractivity contribution in [3.63, 3.8) is 0 Å². The first-order valence-corrected chi connectivity index (χ1v) is 6.76. The smallest absolute Gasteiger partial charge is 0.180 e. The third-order valence-electron chi connectivity index (χ3n) is 3.25. The Labute approximate surface area is 123 Å². The van der Waals surface area contributed by atoms with Gasteiger partial charge in [-0.05, 0) is 36.4 Å². The van der Waals surface area contributed by atoms with Crippen molar-refractivity contribution in [1.82, 2.24) is 9.88 Å². The van der Waals surface area contributed by atoms with Crippen molar-refractivity contribution in [2.24, 2.45) is 0 Å². The second-order valence-corrected chi connectivity index (χ2v) is 4.78. The predicted octanol–water partition coefficient (Wildman–Crippen LogP) is 2.20. The van der Waals surface area contributed by atoms with Crippen molar-refractivity contribution >= 4 is 5.78 Å². The molecule has 0 bridgehead atoms. The highest BCUT2D eigenvalue weighted by atomic mass is 16.3. The van der Waals surface area contributed by atoms with E-state index in [0.717, 1.165) is 5.56 Å². The Bertz CT molecular complexity index is 614. The van der Waals surface area contributed by atoms with E-state index in [1.54, 1.807) is 12.4 Å². The summed E-state index contributed by atoms with van der Waals surface area (Å²) in [5.74, 6) is -0.434. The summed E-state index contributed by atoms with van der Waals surface area (Å²) < 4.78 is 0. The summed E-state index contributed by atoms with van der Waals surface area (Å²) in [7, 11) is 0. The topological polar surface area (TPSA) is 73.7 Å². The normalized spacial score (nSPS) is 10.8. The molecule has 110 valence electrons. The number of pyridine rings is 1.